The van der Waals surface area contributed by atoms with Gasteiger partial charge in [-0.3, -0.25) is 4.79 Å². The second-order valence-corrected chi connectivity index (χ2v) is 6.87. The van der Waals surface area contributed by atoms with Crippen molar-refractivity contribution in [2.75, 3.05) is 20.4 Å². The standard InChI is InChI=1S/C22H23N3O5/c1-27-17-9-6-15(7-10-17)21-24-20(30-25-21)5-3-2-4-12-23-22(26)16-8-11-18-19(13-16)29-14-28-18/h6-11,13H,2-5,12,14H2,1H3,(H,23,26). The number of unbranched alkanes of at least 4 members (excludes halogenated alkanes) is 2. The minimum absolute atomic E-state index is 0.116. The second kappa shape index (κ2) is 9.30. The number of carbonyl (C=O) groups excluding carboxylic acids is 1. The average Bonchev–Trinajstić information content (AvgIpc) is 3.45. The van der Waals surface area contributed by atoms with E-state index < -0.39 is 0 Å². The van der Waals surface area contributed by atoms with E-state index in [1.54, 1.807) is 25.3 Å². The van der Waals surface area contributed by atoms with Gasteiger partial charge < -0.3 is 24.1 Å². The lowest BCUT2D eigenvalue weighted by Crippen LogP contribution is -2.24. The number of hydrogen-bond acceptors (Lipinski definition) is 7. The molecule has 0 saturated heterocycles. The quantitative estimate of drug-likeness (QED) is 0.539. The summed E-state index contributed by atoms with van der Waals surface area (Å²) in [5, 5.41) is 6.96. The summed E-state index contributed by atoms with van der Waals surface area (Å²) in [7, 11) is 1.63. The summed E-state index contributed by atoms with van der Waals surface area (Å²) in [4.78, 5) is 16.7. The van der Waals surface area contributed by atoms with Crippen LogP contribution in [0.25, 0.3) is 11.4 Å². The Balaban J connectivity index is 1.16. The first-order chi connectivity index (χ1) is 14.7. The molecule has 0 spiro atoms. The maximum Gasteiger partial charge on any atom is 0.251 e. The van der Waals surface area contributed by atoms with Crippen molar-refractivity contribution in [1.82, 2.24) is 15.5 Å². The van der Waals surface area contributed by atoms with Crippen molar-refractivity contribution in [3.05, 3.63) is 53.9 Å². The van der Waals surface area contributed by atoms with Crippen molar-refractivity contribution in [3.8, 4) is 28.6 Å². The summed E-state index contributed by atoms with van der Waals surface area (Å²) in [6, 6.07) is 12.7. The van der Waals surface area contributed by atoms with Crippen LogP contribution < -0.4 is 19.5 Å². The molecular weight excluding hydrogens is 386 g/mol. The molecule has 0 unspecified atom stereocenters. The zero-order chi connectivity index (χ0) is 20.8. The number of aromatic nitrogens is 2. The van der Waals surface area contributed by atoms with Crippen LogP contribution >= 0.6 is 0 Å². The Labute approximate surface area is 174 Å². The number of carbonyl (C=O) groups is 1. The smallest absolute Gasteiger partial charge is 0.251 e. The Morgan fingerprint density at radius 2 is 1.90 bits per heavy atom. The van der Waals surface area contributed by atoms with E-state index in [-0.39, 0.29) is 12.7 Å². The molecule has 8 nitrogen and oxygen atoms in total. The van der Waals surface area contributed by atoms with Gasteiger partial charge in [-0.2, -0.15) is 4.98 Å². The molecule has 1 N–H and O–H groups in total. The van der Waals surface area contributed by atoms with E-state index in [4.69, 9.17) is 18.7 Å². The molecule has 8 heteroatoms. The van der Waals surface area contributed by atoms with Crippen molar-refractivity contribution in [1.29, 1.82) is 0 Å². The molecule has 0 saturated carbocycles. The molecule has 0 fully saturated rings. The van der Waals surface area contributed by atoms with Gasteiger partial charge >= 0.3 is 0 Å². The van der Waals surface area contributed by atoms with Gasteiger partial charge in [0, 0.05) is 24.1 Å². The minimum Gasteiger partial charge on any atom is -0.497 e. The molecular formula is C22H23N3O5. The number of benzene rings is 2. The van der Waals surface area contributed by atoms with Gasteiger partial charge in [-0.15, -0.1) is 0 Å². The molecule has 30 heavy (non-hydrogen) atoms. The fourth-order valence-corrected chi connectivity index (χ4v) is 3.13. The molecule has 2 heterocycles. The average molecular weight is 409 g/mol. The molecule has 0 aliphatic carbocycles. The van der Waals surface area contributed by atoms with Crippen molar-refractivity contribution >= 4 is 5.91 Å². The van der Waals surface area contributed by atoms with Crippen LogP contribution in [0.1, 0.15) is 35.5 Å². The first kappa shape index (κ1) is 19.8. The number of hydrogen-bond donors (Lipinski definition) is 1. The van der Waals surface area contributed by atoms with Crippen LogP contribution in [0.2, 0.25) is 0 Å². The largest absolute Gasteiger partial charge is 0.497 e. The Morgan fingerprint density at radius 1 is 1.07 bits per heavy atom. The molecule has 0 radical (unpaired) electrons. The van der Waals surface area contributed by atoms with E-state index in [1.165, 1.54) is 0 Å². The van der Waals surface area contributed by atoms with Gasteiger partial charge in [0.2, 0.25) is 18.5 Å². The lowest BCUT2D eigenvalue weighted by molar-refractivity contribution is 0.0952. The zero-order valence-corrected chi connectivity index (χ0v) is 16.7. The van der Waals surface area contributed by atoms with Gasteiger partial charge in [0.15, 0.2) is 11.5 Å². The molecule has 4 rings (SSSR count). The highest BCUT2D eigenvalue weighted by molar-refractivity contribution is 5.94. The molecule has 2 aromatic carbocycles. The molecule has 3 aromatic rings. The summed E-state index contributed by atoms with van der Waals surface area (Å²) in [6.45, 7) is 0.802. The van der Waals surface area contributed by atoms with Gasteiger partial charge in [-0.05, 0) is 55.3 Å². The van der Waals surface area contributed by atoms with Crippen LogP contribution in [0, 0.1) is 0 Å². The number of aryl methyl sites for hydroxylation is 1. The van der Waals surface area contributed by atoms with Gasteiger partial charge in [-0.25, -0.2) is 0 Å². The maximum atomic E-state index is 12.2. The van der Waals surface area contributed by atoms with Crippen LogP contribution in [-0.2, 0) is 6.42 Å². The highest BCUT2D eigenvalue weighted by Gasteiger charge is 2.16. The molecule has 1 amide bonds. The molecule has 1 aromatic heterocycles. The number of methoxy groups -OCH3 is 1. The highest BCUT2D eigenvalue weighted by atomic mass is 16.7. The third-order valence-corrected chi connectivity index (χ3v) is 4.80. The first-order valence-corrected chi connectivity index (χ1v) is 9.88. The summed E-state index contributed by atoms with van der Waals surface area (Å²) in [5.41, 5.74) is 1.45. The lowest BCUT2D eigenvalue weighted by atomic mass is 10.1. The van der Waals surface area contributed by atoms with Gasteiger partial charge in [-0.1, -0.05) is 11.6 Å². The van der Waals surface area contributed by atoms with E-state index >= 15 is 0 Å². The lowest BCUT2D eigenvalue weighted by Gasteiger charge is -2.05. The number of ether oxygens (including phenoxy) is 3. The number of amides is 1. The monoisotopic (exact) mass is 409 g/mol. The minimum atomic E-state index is -0.116. The van der Waals surface area contributed by atoms with Crippen molar-refractivity contribution in [2.45, 2.75) is 25.7 Å². The fraction of sp³-hybridized carbons (Fsp3) is 0.318. The van der Waals surface area contributed by atoms with Crippen molar-refractivity contribution in [3.63, 3.8) is 0 Å². The predicted octanol–water partition coefficient (Wildman–Crippen LogP) is 3.62. The topological polar surface area (TPSA) is 95.7 Å². The van der Waals surface area contributed by atoms with E-state index in [9.17, 15) is 4.79 Å². The highest BCUT2D eigenvalue weighted by Crippen LogP contribution is 2.32. The molecule has 1 aliphatic heterocycles. The third-order valence-electron chi connectivity index (χ3n) is 4.80. The molecule has 1 aliphatic rings. The second-order valence-electron chi connectivity index (χ2n) is 6.87. The summed E-state index contributed by atoms with van der Waals surface area (Å²) in [6.07, 6.45) is 3.43. The summed E-state index contributed by atoms with van der Waals surface area (Å²) >= 11 is 0. The molecule has 0 bridgehead atoms. The molecule has 156 valence electrons. The van der Waals surface area contributed by atoms with Crippen LogP contribution in [0.4, 0.5) is 0 Å². The van der Waals surface area contributed by atoms with E-state index in [0.29, 0.717) is 41.7 Å². The van der Waals surface area contributed by atoms with E-state index in [1.807, 2.05) is 24.3 Å². The van der Waals surface area contributed by atoms with Crippen LogP contribution in [0.5, 0.6) is 17.2 Å². The number of fused-ring (bicyclic) bond motifs is 1. The Kier molecular flexibility index (Phi) is 6.12. The van der Waals surface area contributed by atoms with E-state index in [2.05, 4.69) is 15.5 Å². The third kappa shape index (κ3) is 4.71. The number of rotatable bonds is 9. The SMILES string of the molecule is COc1ccc(-c2noc(CCCCCNC(=O)c3ccc4c(c3)OCO4)n2)cc1. The predicted molar refractivity (Wildman–Crippen MR) is 109 cm³/mol. The van der Waals surface area contributed by atoms with Crippen LogP contribution in [0.15, 0.2) is 47.0 Å². The Morgan fingerprint density at radius 3 is 2.73 bits per heavy atom. The normalized spacial score (nSPS) is 12.0. The molecule has 0 atom stereocenters. The van der Waals surface area contributed by atoms with Gasteiger partial charge in [0.05, 0.1) is 7.11 Å². The van der Waals surface area contributed by atoms with Crippen molar-refractivity contribution < 1.29 is 23.5 Å². The maximum absolute atomic E-state index is 12.2. The van der Waals surface area contributed by atoms with Crippen molar-refractivity contribution in [2.24, 2.45) is 0 Å². The van der Waals surface area contributed by atoms with Crippen LogP contribution in [0.3, 0.4) is 0 Å². The van der Waals surface area contributed by atoms with E-state index in [0.717, 1.165) is 30.6 Å². The van der Waals surface area contributed by atoms with Crippen LogP contribution in [-0.4, -0.2) is 36.5 Å². The summed E-state index contributed by atoms with van der Waals surface area (Å²) in [5.74, 6) is 3.13. The number of nitrogens with one attached hydrogen (secondary N) is 1. The Bertz CT molecular complexity index is 1000. The summed E-state index contributed by atoms with van der Waals surface area (Å²) < 4.78 is 21.0. The van der Waals surface area contributed by atoms with Gasteiger partial charge in [0.1, 0.15) is 5.75 Å². The number of nitrogens with zero attached hydrogens (tertiary/aromatic N) is 2. The zero-order valence-electron chi connectivity index (χ0n) is 16.7. The fourth-order valence-electron chi connectivity index (χ4n) is 3.13. The first-order valence-electron chi connectivity index (χ1n) is 9.88. The Hall–Kier alpha value is -3.55. The van der Waals surface area contributed by atoms with Gasteiger partial charge in [0.25, 0.3) is 5.91 Å².